The number of aromatic nitrogens is 1. The van der Waals surface area contributed by atoms with Gasteiger partial charge in [-0.1, -0.05) is 11.2 Å². The third-order valence-electron chi connectivity index (χ3n) is 3.23. The van der Waals surface area contributed by atoms with Gasteiger partial charge in [-0.3, -0.25) is 4.79 Å². The number of methoxy groups -OCH3 is 2. The maximum atomic E-state index is 12.1. The molecule has 0 bridgehead atoms. The summed E-state index contributed by atoms with van der Waals surface area (Å²) >= 11 is 1.16. The molecule has 0 aliphatic rings. The van der Waals surface area contributed by atoms with E-state index in [0.29, 0.717) is 29.6 Å². The summed E-state index contributed by atoms with van der Waals surface area (Å²) in [5.74, 6) is 0.737. The topological polar surface area (TPSA) is 119 Å². The van der Waals surface area contributed by atoms with Crippen molar-refractivity contribution in [3.8, 4) is 11.5 Å². The number of carbonyl (C=O) groups excluding carboxylic acids is 1. The lowest BCUT2D eigenvalue weighted by Gasteiger charge is -2.10. The lowest BCUT2D eigenvalue weighted by Crippen LogP contribution is -2.33. The summed E-state index contributed by atoms with van der Waals surface area (Å²) < 4.78 is 10.4. The zero-order valence-electron chi connectivity index (χ0n) is 13.3. The van der Waals surface area contributed by atoms with Gasteiger partial charge in [0.1, 0.15) is 5.69 Å². The van der Waals surface area contributed by atoms with Crippen molar-refractivity contribution in [2.75, 3.05) is 26.5 Å². The minimum atomic E-state index is -0.525. The second-order valence-electron chi connectivity index (χ2n) is 4.71. The van der Waals surface area contributed by atoms with E-state index < -0.39 is 5.91 Å². The summed E-state index contributed by atoms with van der Waals surface area (Å²) in [5, 5.41) is 16.6. The molecule has 9 heteroatoms. The Morgan fingerprint density at radius 2 is 2.12 bits per heavy atom. The van der Waals surface area contributed by atoms with Gasteiger partial charge in [-0.05, 0) is 24.1 Å². The Morgan fingerprint density at radius 3 is 2.71 bits per heavy atom. The smallest absolute Gasteiger partial charge is 0.275 e. The summed E-state index contributed by atoms with van der Waals surface area (Å²) in [5.41, 5.74) is 6.55. The largest absolute Gasteiger partial charge is 0.493 e. The Labute approximate surface area is 142 Å². The van der Waals surface area contributed by atoms with Crippen LogP contribution in [0, 0.1) is 0 Å². The molecule has 2 rings (SSSR count). The fourth-order valence-corrected chi connectivity index (χ4v) is 2.60. The molecule has 24 heavy (non-hydrogen) atoms. The molecule has 0 spiro atoms. The number of anilines is 1. The molecular formula is C15H18N4O4S. The Hall–Kier alpha value is -2.81. The van der Waals surface area contributed by atoms with Crippen molar-refractivity contribution in [3.63, 3.8) is 0 Å². The maximum absolute atomic E-state index is 12.1. The number of nitrogens with zero attached hydrogens (tertiary/aromatic N) is 2. The van der Waals surface area contributed by atoms with Crippen LogP contribution in [0.3, 0.4) is 0 Å². The van der Waals surface area contributed by atoms with Gasteiger partial charge in [0.2, 0.25) is 0 Å². The first-order valence-corrected chi connectivity index (χ1v) is 7.89. The van der Waals surface area contributed by atoms with E-state index in [0.717, 1.165) is 16.9 Å². The van der Waals surface area contributed by atoms with E-state index in [1.54, 1.807) is 25.7 Å². The fourth-order valence-electron chi connectivity index (χ4n) is 2.05. The monoisotopic (exact) mass is 350 g/mol. The summed E-state index contributed by atoms with van der Waals surface area (Å²) in [6, 6.07) is 5.53. The lowest BCUT2D eigenvalue weighted by atomic mass is 10.1. The molecular weight excluding hydrogens is 332 g/mol. The van der Waals surface area contributed by atoms with E-state index in [1.165, 1.54) is 0 Å². The van der Waals surface area contributed by atoms with Crippen molar-refractivity contribution in [2.24, 2.45) is 5.16 Å². The number of rotatable bonds is 7. The molecule has 8 nitrogen and oxygen atoms in total. The van der Waals surface area contributed by atoms with Crippen molar-refractivity contribution >= 4 is 28.1 Å². The van der Waals surface area contributed by atoms with Crippen LogP contribution >= 0.6 is 11.3 Å². The van der Waals surface area contributed by atoms with Crippen LogP contribution in [0.25, 0.3) is 0 Å². The molecule has 1 aromatic carbocycles. The third-order valence-corrected chi connectivity index (χ3v) is 3.90. The third kappa shape index (κ3) is 4.13. The molecule has 0 saturated heterocycles. The number of carbonyl (C=O) groups is 1. The molecule has 0 aliphatic heterocycles. The summed E-state index contributed by atoms with van der Waals surface area (Å²) in [4.78, 5) is 16.0. The molecule has 0 radical (unpaired) electrons. The quantitative estimate of drug-likeness (QED) is 0.393. The number of amides is 1. The second-order valence-corrected chi connectivity index (χ2v) is 5.60. The molecule has 2 aromatic rings. The zero-order chi connectivity index (χ0) is 17.5. The summed E-state index contributed by atoms with van der Waals surface area (Å²) in [7, 11) is 3.13. The van der Waals surface area contributed by atoms with Crippen LogP contribution in [0.15, 0.2) is 28.7 Å². The molecule has 0 atom stereocenters. The Kier molecular flexibility index (Phi) is 5.96. The first-order chi connectivity index (χ1) is 11.6. The van der Waals surface area contributed by atoms with Gasteiger partial charge in [0.15, 0.2) is 22.3 Å². The number of nitrogens with two attached hydrogens (primary N) is 1. The van der Waals surface area contributed by atoms with E-state index in [9.17, 15) is 4.79 Å². The normalized spacial score (nSPS) is 11.2. The minimum absolute atomic E-state index is 0.171. The van der Waals surface area contributed by atoms with Crippen LogP contribution in [0.4, 0.5) is 5.13 Å². The number of hydrogen-bond donors (Lipinski definition) is 3. The van der Waals surface area contributed by atoms with E-state index in [2.05, 4.69) is 15.5 Å². The highest BCUT2D eigenvalue weighted by atomic mass is 32.1. The van der Waals surface area contributed by atoms with Gasteiger partial charge in [0, 0.05) is 11.9 Å². The molecule has 0 saturated carbocycles. The predicted octanol–water partition coefficient (Wildman–Crippen LogP) is 1.28. The van der Waals surface area contributed by atoms with Crippen LogP contribution in [0.1, 0.15) is 11.3 Å². The molecule has 1 amide bonds. The Balaban J connectivity index is 1.95. The van der Waals surface area contributed by atoms with Gasteiger partial charge in [0.25, 0.3) is 5.91 Å². The zero-order valence-corrected chi connectivity index (χ0v) is 14.1. The molecule has 128 valence electrons. The standard InChI is InChI=1S/C15H18N4O4S/c1-22-11-4-3-9(7-12(11)23-2)5-6-17-14(20)13(19-21)10-8-24-15(16)18-10/h3-4,7-8,21H,5-6H2,1-2H3,(H2,16,18)(H,17,20)/b19-13+. The van der Waals surface area contributed by atoms with Crippen molar-refractivity contribution < 1.29 is 19.5 Å². The molecule has 1 heterocycles. The van der Waals surface area contributed by atoms with Crippen LogP contribution in [0.2, 0.25) is 0 Å². The average Bonchev–Trinajstić information content (AvgIpc) is 3.01. The number of benzene rings is 1. The van der Waals surface area contributed by atoms with Gasteiger partial charge in [-0.15, -0.1) is 11.3 Å². The van der Waals surface area contributed by atoms with Crippen LogP contribution < -0.4 is 20.5 Å². The highest BCUT2D eigenvalue weighted by Crippen LogP contribution is 2.27. The Bertz CT molecular complexity index is 745. The second kappa shape index (κ2) is 8.16. The number of ether oxygens (including phenoxy) is 2. The molecule has 0 fully saturated rings. The van der Waals surface area contributed by atoms with Crippen LogP contribution in [-0.2, 0) is 11.2 Å². The van der Waals surface area contributed by atoms with Crippen molar-refractivity contribution in [3.05, 3.63) is 34.8 Å². The maximum Gasteiger partial charge on any atom is 0.275 e. The predicted molar refractivity (Wildman–Crippen MR) is 91.1 cm³/mol. The minimum Gasteiger partial charge on any atom is -0.493 e. The van der Waals surface area contributed by atoms with Crippen LogP contribution in [0.5, 0.6) is 11.5 Å². The van der Waals surface area contributed by atoms with Gasteiger partial charge >= 0.3 is 0 Å². The molecule has 4 N–H and O–H groups in total. The molecule has 0 unspecified atom stereocenters. The van der Waals surface area contributed by atoms with Crippen molar-refractivity contribution in [1.29, 1.82) is 0 Å². The summed E-state index contributed by atoms with van der Waals surface area (Å²) in [6.45, 7) is 0.354. The fraction of sp³-hybridized carbons (Fsp3) is 0.267. The molecule has 0 aliphatic carbocycles. The van der Waals surface area contributed by atoms with E-state index in [4.69, 9.17) is 20.4 Å². The highest BCUT2D eigenvalue weighted by Gasteiger charge is 2.17. The number of hydrogen-bond acceptors (Lipinski definition) is 8. The van der Waals surface area contributed by atoms with Crippen molar-refractivity contribution in [2.45, 2.75) is 6.42 Å². The first kappa shape index (κ1) is 17.5. The summed E-state index contributed by atoms with van der Waals surface area (Å²) in [6.07, 6.45) is 0.573. The van der Waals surface area contributed by atoms with Gasteiger partial charge in [-0.2, -0.15) is 0 Å². The average molecular weight is 350 g/mol. The Morgan fingerprint density at radius 1 is 1.38 bits per heavy atom. The number of nitrogens with one attached hydrogen (secondary N) is 1. The van der Waals surface area contributed by atoms with Gasteiger partial charge in [0.05, 0.1) is 14.2 Å². The van der Waals surface area contributed by atoms with E-state index in [-0.39, 0.29) is 11.4 Å². The number of thiazole rings is 1. The molecule has 1 aromatic heterocycles. The van der Waals surface area contributed by atoms with Crippen LogP contribution in [-0.4, -0.2) is 42.6 Å². The highest BCUT2D eigenvalue weighted by molar-refractivity contribution is 7.13. The SMILES string of the molecule is COc1ccc(CCNC(=O)/C(=N/O)c2csc(N)n2)cc1OC. The van der Waals surface area contributed by atoms with Gasteiger partial charge < -0.3 is 25.7 Å². The van der Waals surface area contributed by atoms with Gasteiger partial charge in [-0.25, -0.2) is 4.98 Å². The van der Waals surface area contributed by atoms with E-state index in [1.807, 2.05) is 12.1 Å². The van der Waals surface area contributed by atoms with Crippen molar-refractivity contribution in [1.82, 2.24) is 10.3 Å². The lowest BCUT2D eigenvalue weighted by molar-refractivity contribution is -0.114. The number of oxime groups is 1. The first-order valence-electron chi connectivity index (χ1n) is 7.01. The van der Waals surface area contributed by atoms with E-state index >= 15 is 0 Å². The number of nitrogen functional groups attached to an aromatic ring is 1.